The normalized spacial score (nSPS) is 15.1. The van der Waals surface area contributed by atoms with Gasteiger partial charge in [-0.1, -0.05) is 59.8 Å². The first kappa shape index (κ1) is 22.7. The molecule has 4 aromatic rings. The summed E-state index contributed by atoms with van der Waals surface area (Å²) in [6, 6.07) is 19.2. The van der Waals surface area contributed by atoms with Gasteiger partial charge in [0, 0.05) is 27.0 Å². The van der Waals surface area contributed by atoms with Crippen LogP contribution in [0, 0.1) is 6.92 Å². The SMILES string of the molecule is CC1=C(C(=O)Nc2cccc(C)c2)C(c2cccs2)n2nc(SCc3ccccc3Cl)nc2N1. The molecule has 2 N–H and O–H groups in total. The molecule has 2 aromatic heterocycles. The fraction of sp³-hybridized carbons (Fsp3) is 0.160. The summed E-state index contributed by atoms with van der Waals surface area (Å²) in [6.07, 6.45) is 0. The number of rotatable bonds is 6. The lowest BCUT2D eigenvalue weighted by Crippen LogP contribution is -2.31. The van der Waals surface area contributed by atoms with Gasteiger partial charge in [-0.15, -0.1) is 16.4 Å². The molecule has 172 valence electrons. The van der Waals surface area contributed by atoms with Crippen LogP contribution < -0.4 is 10.6 Å². The van der Waals surface area contributed by atoms with E-state index in [1.165, 1.54) is 11.8 Å². The van der Waals surface area contributed by atoms with Crippen LogP contribution in [-0.4, -0.2) is 20.7 Å². The van der Waals surface area contributed by atoms with E-state index in [1.807, 2.05) is 79.9 Å². The van der Waals surface area contributed by atoms with Gasteiger partial charge in [0.15, 0.2) is 0 Å². The standard InChI is InChI=1S/C25H22ClN5OS2/c1-15-7-5-9-18(13-15)28-23(32)21-16(2)27-24-29-25(34-14-17-8-3-4-10-19(17)26)30-31(24)22(21)20-11-6-12-33-20/h3-13,22H,14H2,1-2H3,(H,28,32)(H,27,29,30). The van der Waals surface area contributed by atoms with Crippen LogP contribution in [0.4, 0.5) is 11.6 Å². The largest absolute Gasteiger partial charge is 0.328 e. The number of carbonyl (C=O) groups excluding carboxylic acids is 1. The number of aromatic nitrogens is 3. The van der Waals surface area contributed by atoms with Gasteiger partial charge in [-0.3, -0.25) is 4.79 Å². The molecule has 0 fully saturated rings. The summed E-state index contributed by atoms with van der Waals surface area (Å²) in [7, 11) is 0. The van der Waals surface area contributed by atoms with Crippen molar-refractivity contribution >= 4 is 52.2 Å². The number of fused-ring (bicyclic) bond motifs is 1. The Morgan fingerprint density at radius 3 is 2.79 bits per heavy atom. The highest BCUT2D eigenvalue weighted by Gasteiger charge is 2.35. The molecule has 34 heavy (non-hydrogen) atoms. The number of aryl methyl sites for hydroxylation is 1. The molecule has 0 saturated carbocycles. The van der Waals surface area contributed by atoms with Gasteiger partial charge in [-0.05, 0) is 54.6 Å². The quantitative estimate of drug-likeness (QED) is 0.291. The molecule has 6 nitrogen and oxygen atoms in total. The average molecular weight is 508 g/mol. The first-order valence-corrected chi connectivity index (χ1v) is 13.0. The van der Waals surface area contributed by atoms with Crippen LogP contribution in [-0.2, 0) is 10.5 Å². The summed E-state index contributed by atoms with van der Waals surface area (Å²) in [4.78, 5) is 19.2. The third kappa shape index (κ3) is 4.61. The van der Waals surface area contributed by atoms with Crippen molar-refractivity contribution in [1.82, 2.24) is 14.8 Å². The second-order valence-corrected chi connectivity index (χ2v) is 10.3. The third-order valence-electron chi connectivity index (χ3n) is 5.48. The third-order valence-corrected chi connectivity index (χ3v) is 7.66. The topological polar surface area (TPSA) is 71.8 Å². The van der Waals surface area contributed by atoms with Crippen molar-refractivity contribution < 1.29 is 4.79 Å². The Balaban J connectivity index is 1.46. The van der Waals surface area contributed by atoms with Gasteiger partial charge >= 0.3 is 0 Å². The molecule has 1 atom stereocenters. The number of thiophene rings is 1. The number of anilines is 2. The molecule has 5 rings (SSSR count). The molecule has 0 radical (unpaired) electrons. The first-order chi connectivity index (χ1) is 16.5. The fourth-order valence-corrected chi connectivity index (χ4v) is 5.81. The maximum atomic E-state index is 13.5. The monoisotopic (exact) mass is 507 g/mol. The Bertz CT molecular complexity index is 1380. The number of nitrogens with zero attached hydrogens (tertiary/aromatic N) is 3. The van der Waals surface area contributed by atoms with Crippen molar-refractivity contribution in [3.8, 4) is 0 Å². The highest BCUT2D eigenvalue weighted by atomic mass is 35.5. The zero-order chi connectivity index (χ0) is 23.7. The van der Waals surface area contributed by atoms with E-state index >= 15 is 0 Å². The van der Waals surface area contributed by atoms with E-state index in [1.54, 1.807) is 16.0 Å². The van der Waals surface area contributed by atoms with Crippen LogP contribution in [0.5, 0.6) is 0 Å². The number of benzene rings is 2. The number of allylic oxidation sites excluding steroid dienone is 1. The van der Waals surface area contributed by atoms with Crippen LogP contribution in [0.15, 0.2) is 82.5 Å². The number of nitrogens with one attached hydrogen (secondary N) is 2. The smallest absolute Gasteiger partial charge is 0.255 e. The first-order valence-electron chi connectivity index (χ1n) is 10.7. The molecule has 3 heterocycles. The van der Waals surface area contributed by atoms with Gasteiger partial charge in [-0.25, -0.2) is 4.68 Å². The Morgan fingerprint density at radius 2 is 2.03 bits per heavy atom. The van der Waals surface area contributed by atoms with Crippen LogP contribution in [0.1, 0.15) is 29.0 Å². The van der Waals surface area contributed by atoms with E-state index in [-0.39, 0.29) is 11.9 Å². The number of halogens is 1. The van der Waals surface area contributed by atoms with E-state index in [2.05, 4.69) is 10.6 Å². The van der Waals surface area contributed by atoms with E-state index in [0.29, 0.717) is 22.4 Å². The second kappa shape index (κ2) is 9.66. The lowest BCUT2D eigenvalue weighted by molar-refractivity contribution is -0.113. The van der Waals surface area contributed by atoms with Crippen molar-refractivity contribution in [2.45, 2.75) is 30.8 Å². The molecule has 1 aliphatic rings. The maximum Gasteiger partial charge on any atom is 0.255 e. The highest BCUT2D eigenvalue weighted by Crippen LogP contribution is 2.38. The Labute approximate surface area is 211 Å². The summed E-state index contributed by atoms with van der Waals surface area (Å²) in [5.41, 5.74) is 4.24. The maximum absolute atomic E-state index is 13.5. The lowest BCUT2D eigenvalue weighted by Gasteiger charge is -2.27. The number of carbonyl (C=O) groups is 1. The molecule has 1 aliphatic heterocycles. The van der Waals surface area contributed by atoms with Crippen molar-refractivity contribution in [3.63, 3.8) is 0 Å². The molecular formula is C25H22ClN5OS2. The molecule has 9 heteroatoms. The zero-order valence-electron chi connectivity index (χ0n) is 18.6. The number of thioether (sulfide) groups is 1. The van der Waals surface area contributed by atoms with Crippen LogP contribution >= 0.6 is 34.7 Å². The van der Waals surface area contributed by atoms with Gasteiger partial charge in [0.05, 0.1) is 5.57 Å². The predicted molar refractivity (Wildman–Crippen MR) is 140 cm³/mol. The van der Waals surface area contributed by atoms with Gasteiger partial charge in [-0.2, -0.15) is 4.98 Å². The molecule has 0 spiro atoms. The van der Waals surface area contributed by atoms with Crippen LogP contribution in [0.2, 0.25) is 5.02 Å². The van der Waals surface area contributed by atoms with E-state index in [0.717, 1.165) is 32.4 Å². The van der Waals surface area contributed by atoms with Gasteiger partial charge < -0.3 is 10.6 Å². The molecular weight excluding hydrogens is 486 g/mol. The number of hydrogen-bond donors (Lipinski definition) is 2. The van der Waals surface area contributed by atoms with Crippen molar-refractivity contribution in [2.24, 2.45) is 0 Å². The summed E-state index contributed by atoms with van der Waals surface area (Å²) in [5, 5.41) is 14.5. The van der Waals surface area contributed by atoms with Crippen molar-refractivity contribution in [2.75, 3.05) is 10.6 Å². The minimum absolute atomic E-state index is 0.166. The zero-order valence-corrected chi connectivity index (χ0v) is 21.0. The molecule has 0 aliphatic carbocycles. The molecule has 2 aromatic carbocycles. The van der Waals surface area contributed by atoms with E-state index < -0.39 is 0 Å². The molecule has 1 amide bonds. The summed E-state index contributed by atoms with van der Waals surface area (Å²) < 4.78 is 1.80. The van der Waals surface area contributed by atoms with Crippen molar-refractivity contribution in [1.29, 1.82) is 0 Å². The van der Waals surface area contributed by atoms with E-state index in [9.17, 15) is 4.79 Å². The van der Waals surface area contributed by atoms with Gasteiger partial charge in [0.2, 0.25) is 11.1 Å². The minimum Gasteiger partial charge on any atom is -0.328 e. The summed E-state index contributed by atoms with van der Waals surface area (Å²) >= 11 is 9.41. The Hall–Kier alpha value is -3.07. The van der Waals surface area contributed by atoms with E-state index in [4.69, 9.17) is 21.7 Å². The van der Waals surface area contributed by atoms with Crippen LogP contribution in [0.3, 0.4) is 0 Å². The highest BCUT2D eigenvalue weighted by molar-refractivity contribution is 7.98. The molecule has 1 unspecified atom stereocenters. The lowest BCUT2D eigenvalue weighted by atomic mass is 10.0. The fourth-order valence-electron chi connectivity index (χ4n) is 3.88. The number of hydrogen-bond acceptors (Lipinski definition) is 6. The summed E-state index contributed by atoms with van der Waals surface area (Å²) in [5.74, 6) is 1.10. The summed E-state index contributed by atoms with van der Waals surface area (Å²) in [6.45, 7) is 3.90. The average Bonchev–Trinajstić information content (AvgIpc) is 3.47. The van der Waals surface area contributed by atoms with Gasteiger partial charge in [0.1, 0.15) is 6.04 Å². The molecule has 0 bridgehead atoms. The van der Waals surface area contributed by atoms with Crippen LogP contribution in [0.25, 0.3) is 0 Å². The Kier molecular flexibility index (Phi) is 6.45. The molecule has 0 saturated heterocycles. The van der Waals surface area contributed by atoms with Crippen molar-refractivity contribution in [3.05, 3.63) is 98.3 Å². The Morgan fingerprint density at radius 1 is 1.18 bits per heavy atom. The predicted octanol–water partition coefficient (Wildman–Crippen LogP) is 6.52. The number of amides is 1. The minimum atomic E-state index is -0.372. The van der Waals surface area contributed by atoms with Gasteiger partial charge in [0.25, 0.3) is 5.91 Å². The second-order valence-electron chi connectivity index (χ2n) is 7.95.